The first kappa shape index (κ1) is 21.0. The highest BCUT2D eigenvalue weighted by Crippen LogP contribution is 2.34. The Labute approximate surface area is 167 Å². The zero-order valence-corrected chi connectivity index (χ0v) is 17.1. The molecule has 2 unspecified atom stereocenters. The lowest BCUT2D eigenvalue weighted by Crippen LogP contribution is -2.40. The molecule has 28 heavy (non-hydrogen) atoms. The molecule has 7 heteroatoms. The number of aryl methyl sites for hydroxylation is 1. The minimum absolute atomic E-state index is 0.0186. The fourth-order valence-corrected chi connectivity index (χ4v) is 4.09. The van der Waals surface area contributed by atoms with Crippen LogP contribution in [-0.4, -0.2) is 51.4 Å². The van der Waals surface area contributed by atoms with Crippen LogP contribution in [0.25, 0.3) is 0 Å². The number of fused-ring (bicyclic) bond motifs is 1. The maximum Gasteiger partial charge on any atom is 0.127 e. The van der Waals surface area contributed by atoms with Crippen molar-refractivity contribution in [1.82, 2.24) is 5.32 Å². The molecule has 5 N–H and O–H groups in total. The Bertz CT molecular complexity index is 674. The molecule has 2 heterocycles. The molecule has 0 radical (unpaired) electrons. The summed E-state index contributed by atoms with van der Waals surface area (Å²) in [6.45, 7) is 5.49. The van der Waals surface area contributed by atoms with Gasteiger partial charge in [-0.15, -0.1) is 0 Å². The van der Waals surface area contributed by atoms with Crippen molar-refractivity contribution >= 4 is 5.84 Å². The molecule has 1 aromatic rings. The number of nitrogens with zero attached hydrogens (tertiary/aromatic N) is 1. The van der Waals surface area contributed by atoms with E-state index in [0.717, 1.165) is 75.2 Å². The molecule has 1 aromatic carbocycles. The largest absolute Gasteiger partial charge is 0.487 e. The number of rotatable bonds is 8. The van der Waals surface area contributed by atoms with E-state index < -0.39 is 0 Å². The molecule has 3 rings (SSSR count). The van der Waals surface area contributed by atoms with Crippen LogP contribution in [0.3, 0.4) is 0 Å². The number of hydrogen-bond acceptors (Lipinski definition) is 6. The molecule has 2 aliphatic rings. The second-order valence-corrected chi connectivity index (χ2v) is 8.05. The van der Waals surface area contributed by atoms with Gasteiger partial charge in [0.1, 0.15) is 23.8 Å². The molecule has 0 amide bonds. The molecule has 0 bridgehead atoms. The van der Waals surface area contributed by atoms with E-state index in [9.17, 15) is 0 Å². The van der Waals surface area contributed by atoms with Crippen LogP contribution in [0, 0.1) is 5.41 Å². The summed E-state index contributed by atoms with van der Waals surface area (Å²) >= 11 is 0. The second kappa shape index (κ2) is 9.69. The van der Waals surface area contributed by atoms with E-state index in [-0.39, 0.29) is 17.6 Å². The molecule has 0 spiro atoms. The van der Waals surface area contributed by atoms with Crippen LogP contribution in [0.1, 0.15) is 43.7 Å². The van der Waals surface area contributed by atoms with Gasteiger partial charge in [-0.2, -0.15) is 0 Å². The predicted molar refractivity (Wildman–Crippen MR) is 111 cm³/mol. The van der Waals surface area contributed by atoms with Gasteiger partial charge in [-0.1, -0.05) is 0 Å². The first-order valence-corrected chi connectivity index (χ1v) is 10.2. The summed E-state index contributed by atoms with van der Waals surface area (Å²) in [6, 6.07) is 6.06. The van der Waals surface area contributed by atoms with Gasteiger partial charge in [0.15, 0.2) is 0 Å². The summed E-state index contributed by atoms with van der Waals surface area (Å²) in [7, 11) is 1.76. The number of benzene rings is 1. The lowest BCUT2D eigenvalue weighted by atomic mass is 9.76. The van der Waals surface area contributed by atoms with Crippen LogP contribution in [0.15, 0.2) is 23.2 Å². The average Bonchev–Trinajstić information content (AvgIpc) is 2.75. The van der Waals surface area contributed by atoms with Crippen molar-refractivity contribution in [3.8, 4) is 5.75 Å². The summed E-state index contributed by atoms with van der Waals surface area (Å²) in [5, 5.41) is 3.43. The molecular formula is C21H34N4O3. The molecule has 1 fully saturated rings. The Hall–Kier alpha value is -1.67. The SMILES string of the molecule is COCCC1(CN=C(N)c2ccc3c(c2)CCC(C(C)ON)O3)CCNCC1. The normalized spacial score (nSPS) is 23.0. The summed E-state index contributed by atoms with van der Waals surface area (Å²) in [5.74, 6) is 6.78. The zero-order chi connectivity index (χ0) is 20.0. The highest BCUT2D eigenvalue weighted by molar-refractivity contribution is 5.97. The zero-order valence-electron chi connectivity index (χ0n) is 17.1. The van der Waals surface area contributed by atoms with Gasteiger partial charge in [0.25, 0.3) is 0 Å². The number of aliphatic imine (C=N–C) groups is 1. The standard InChI is InChI=1S/C21H34N4O3/c1-15(28-23)18-5-3-16-13-17(4-6-19(16)27-18)20(22)25-14-21(9-12-26-2)7-10-24-11-8-21/h4,6,13,15,18,24H,3,5,7-12,14,23H2,1-2H3,(H2,22,25). The van der Waals surface area contributed by atoms with Crippen molar-refractivity contribution in [2.75, 3.05) is 33.4 Å². The number of ether oxygens (including phenoxy) is 2. The van der Waals surface area contributed by atoms with Crippen molar-refractivity contribution in [2.45, 2.75) is 51.2 Å². The summed E-state index contributed by atoms with van der Waals surface area (Å²) in [5.41, 5.74) is 8.65. The molecule has 156 valence electrons. The van der Waals surface area contributed by atoms with E-state index in [2.05, 4.69) is 11.4 Å². The van der Waals surface area contributed by atoms with Crippen LogP contribution in [0.5, 0.6) is 5.75 Å². The van der Waals surface area contributed by atoms with Gasteiger partial charge < -0.3 is 20.5 Å². The van der Waals surface area contributed by atoms with E-state index in [1.165, 1.54) is 0 Å². The Balaban J connectivity index is 1.69. The number of piperidine rings is 1. The lowest BCUT2D eigenvalue weighted by molar-refractivity contribution is -0.0238. The smallest absolute Gasteiger partial charge is 0.127 e. The maximum atomic E-state index is 6.36. The first-order valence-electron chi connectivity index (χ1n) is 10.2. The summed E-state index contributed by atoms with van der Waals surface area (Å²) in [4.78, 5) is 9.70. The fourth-order valence-electron chi connectivity index (χ4n) is 4.09. The number of hydrogen-bond donors (Lipinski definition) is 3. The highest BCUT2D eigenvalue weighted by Gasteiger charge is 2.31. The van der Waals surface area contributed by atoms with Gasteiger partial charge in [-0.3, -0.25) is 9.83 Å². The van der Waals surface area contributed by atoms with Gasteiger partial charge in [0.2, 0.25) is 0 Å². The first-order chi connectivity index (χ1) is 13.6. The molecule has 2 aliphatic heterocycles. The lowest BCUT2D eigenvalue weighted by Gasteiger charge is -2.36. The van der Waals surface area contributed by atoms with Gasteiger partial charge >= 0.3 is 0 Å². The van der Waals surface area contributed by atoms with Crippen molar-refractivity contribution in [2.24, 2.45) is 22.0 Å². The number of nitrogens with two attached hydrogens (primary N) is 2. The average molecular weight is 391 g/mol. The van der Waals surface area contributed by atoms with Crippen LogP contribution < -0.4 is 21.7 Å². The number of amidine groups is 1. The van der Waals surface area contributed by atoms with E-state index >= 15 is 0 Å². The maximum absolute atomic E-state index is 6.36. The molecule has 0 aliphatic carbocycles. The van der Waals surface area contributed by atoms with Crippen molar-refractivity contribution in [3.63, 3.8) is 0 Å². The van der Waals surface area contributed by atoms with Crippen molar-refractivity contribution in [1.29, 1.82) is 0 Å². The predicted octanol–water partition coefficient (Wildman–Crippen LogP) is 1.77. The summed E-state index contributed by atoms with van der Waals surface area (Å²) < 4.78 is 11.4. The third kappa shape index (κ3) is 5.03. The van der Waals surface area contributed by atoms with Crippen molar-refractivity contribution < 1.29 is 14.3 Å². The van der Waals surface area contributed by atoms with E-state index in [1.807, 2.05) is 19.1 Å². The van der Waals surface area contributed by atoms with Crippen molar-refractivity contribution in [3.05, 3.63) is 29.3 Å². The van der Waals surface area contributed by atoms with Gasteiger partial charge in [-0.25, -0.2) is 5.90 Å². The fraction of sp³-hybridized carbons (Fsp3) is 0.667. The molecule has 2 atom stereocenters. The van der Waals surface area contributed by atoms with Gasteiger partial charge in [0, 0.05) is 25.8 Å². The van der Waals surface area contributed by atoms with E-state index in [0.29, 0.717) is 5.84 Å². The Morgan fingerprint density at radius 3 is 2.89 bits per heavy atom. The molecule has 0 saturated carbocycles. The second-order valence-electron chi connectivity index (χ2n) is 8.05. The van der Waals surface area contributed by atoms with Crippen LogP contribution in [0.2, 0.25) is 0 Å². The third-order valence-electron chi connectivity index (χ3n) is 6.16. The van der Waals surface area contributed by atoms with Crippen LogP contribution >= 0.6 is 0 Å². The number of methoxy groups -OCH3 is 1. The monoisotopic (exact) mass is 390 g/mol. The Kier molecular flexibility index (Phi) is 7.29. The Morgan fingerprint density at radius 2 is 2.18 bits per heavy atom. The van der Waals surface area contributed by atoms with Crippen LogP contribution in [0.4, 0.5) is 0 Å². The van der Waals surface area contributed by atoms with Gasteiger partial charge in [0.05, 0.1) is 0 Å². The minimum atomic E-state index is -0.132. The molecule has 7 nitrogen and oxygen atoms in total. The van der Waals surface area contributed by atoms with E-state index in [1.54, 1.807) is 7.11 Å². The quantitative estimate of drug-likeness (QED) is 0.355. The Morgan fingerprint density at radius 1 is 1.39 bits per heavy atom. The van der Waals surface area contributed by atoms with E-state index in [4.69, 9.17) is 30.9 Å². The highest BCUT2D eigenvalue weighted by atomic mass is 16.6. The molecule has 0 aromatic heterocycles. The van der Waals surface area contributed by atoms with Crippen LogP contribution in [-0.2, 0) is 16.0 Å². The summed E-state index contributed by atoms with van der Waals surface area (Å²) in [6.07, 6.45) is 4.87. The van der Waals surface area contributed by atoms with Gasteiger partial charge in [-0.05, 0) is 81.3 Å². The topological polar surface area (TPSA) is 104 Å². The molecular weight excluding hydrogens is 356 g/mol. The number of nitrogens with one attached hydrogen (secondary N) is 1. The third-order valence-corrected chi connectivity index (χ3v) is 6.16. The minimum Gasteiger partial charge on any atom is -0.487 e. The molecule has 1 saturated heterocycles.